The van der Waals surface area contributed by atoms with Crippen LogP contribution in [-0.4, -0.2) is 27.3 Å². The van der Waals surface area contributed by atoms with Crippen molar-refractivity contribution < 1.29 is 40.3 Å². The summed E-state index contributed by atoms with van der Waals surface area (Å²) in [4.78, 5) is 16.6. The number of halogens is 7. The van der Waals surface area contributed by atoms with Gasteiger partial charge in [0.1, 0.15) is 22.9 Å². The predicted octanol–water partition coefficient (Wildman–Crippen LogP) is 6.52. The predicted molar refractivity (Wildman–Crippen MR) is 109 cm³/mol. The van der Waals surface area contributed by atoms with Gasteiger partial charge in [0.25, 0.3) is 18.8 Å². The maximum Gasteiger partial charge on any atom is 0.387 e. The largest absolute Gasteiger partial charge is 0.454 e. The average Bonchev–Trinajstić information content (AvgIpc) is 3.44. The minimum Gasteiger partial charge on any atom is -0.454 e. The minimum absolute atomic E-state index is 0.0230. The van der Waals surface area contributed by atoms with Crippen LogP contribution in [0.15, 0.2) is 34.7 Å². The number of carbonyl (C=O) groups is 1. The standard InChI is InChI=1S/C19H11ClF6N4O3S/c20-12-13(15(21)22)29-30(14(12)16(23)24)6-8-2-4-10(32-8)17(31)28-19-27-9-3-1-7(33-18(25)26)5-11(9)34-19/h1-5,15-16,18H,6H2,(H,27,28,31). The second kappa shape index (κ2) is 9.54. The molecule has 0 bridgehead atoms. The van der Waals surface area contributed by atoms with Crippen LogP contribution in [0.1, 0.15) is 40.6 Å². The smallest absolute Gasteiger partial charge is 0.387 e. The van der Waals surface area contributed by atoms with Crippen molar-refractivity contribution in [3.63, 3.8) is 0 Å². The van der Waals surface area contributed by atoms with E-state index in [0.717, 1.165) is 11.3 Å². The minimum atomic E-state index is -3.17. The van der Waals surface area contributed by atoms with Gasteiger partial charge in [-0.1, -0.05) is 22.9 Å². The van der Waals surface area contributed by atoms with E-state index in [1.54, 1.807) is 0 Å². The first kappa shape index (κ1) is 23.9. The fraction of sp³-hybridized carbons (Fsp3) is 0.211. The summed E-state index contributed by atoms with van der Waals surface area (Å²) in [7, 11) is 0. The molecule has 0 saturated heterocycles. The van der Waals surface area contributed by atoms with E-state index in [0.29, 0.717) is 14.9 Å². The summed E-state index contributed by atoms with van der Waals surface area (Å²) in [6.07, 6.45) is -6.33. The monoisotopic (exact) mass is 524 g/mol. The molecule has 0 aliphatic heterocycles. The molecule has 4 rings (SSSR count). The van der Waals surface area contributed by atoms with Gasteiger partial charge in [-0.05, 0) is 30.3 Å². The number of alkyl halides is 6. The molecule has 1 aromatic carbocycles. The van der Waals surface area contributed by atoms with Gasteiger partial charge in [0.2, 0.25) is 0 Å². The molecule has 34 heavy (non-hydrogen) atoms. The van der Waals surface area contributed by atoms with Crippen molar-refractivity contribution in [3.8, 4) is 5.75 Å². The van der Waals surface area contributed by atoms with Gasteiger partial charge in [-0.15, -0.1) is 0 Å². The van der Waals surface area contributed by atoms with E-state index in [2.05, 4.69) is 20.1 Å². The van der Waals surface area contributed by atoms with Crippen molar-refractivity contribution >= 4 is 44.2 Å². The Morgan fingerprint density at radius 3 is 2.59 bits per heavy atom. The molecule has 0 spiro atoms. The Morgan fingerprint density at radius 1 is 1.15 bits per heavy atom. The third-order valence-electron chi connectivity index (χ3n) is 4.37. The fourth-order valence-electron chi connectivity index (χ4n) is 2.97. The number of hydrogen-bond donors (Lipinski definition) is 1. The Labute approximate surface area is 194 Å². The Kier molecular flexibility index (Phi) is 6.70. The first-order valence-electron chi connectivity index (χ1n) is 9.20. The maximum absolute atomic E-state index is 13.3. The summed E-state index contributed by atoms with van der Waals surface area (Å²) >= 11 is 6.60. The summed E-state index contributed by atoms with van der Waals surface area (Å²) in [6.45, 7) is -3.47. The molecule has 3 heterocycles. The van der Waals surface area contributed by atoms with Gasteiger partial charge >= 0.3 is 6.61 Å². The molecule has 15 heteroatoms. The zero-order valence-electron chi connectivity index (χ0n) is 16.4. The van der Waals surface area contributed by atoms with Crippen molar-refractivity contribution in [1.82, 2.24) is 14.8 Å². The molecule has 0 unspecified atom stereocenters. The molecule has 4 aromatic rings. The molecule has 7 nitrogen and oxygen atoms in total. The van der Waals surface area contributed by atoms with Gasteiger partial charge < -0.3 is 9.15 Å². The highest BCUT2D eigenvalue weighted by Crippen LogP contribution is 2.35. The van der Waals surface area contributed by atoms with Gasteiger partial charge in [-0.3, -0.25) is 14.8 Å². The number of anilines is 1. The Hall–Kier alpha value is -3.26. The second-order valence-electron chi connectivity index (χ2n) is 6.59. The van der Waals surface area contributed by atoms with Crippen LogP contribution in [0.25, 0.3) is 10.2 Å². The number of furan rings is 1. The molecular weight excluding hydrogens is 514 g/mol. The van der Waals surface area contributed by atoms with Crippen LogP contribution < -0.4 is 10.1 Å². The molecule has 1 amide bonds. The third-order valence-corrected chi connectivity index (χ3v) is 5.69. The first-order valence-corrected chi connectivity index (χ1v) is 10.4. The van der Waals surface area contributed by atoms with Crippen LogP contribution in [0, 0.1) is 0 Å². The number of nitrogens with one attached hydrogen (secondary N) is 1. The van der Waals surface area contributed by atoms with Gasteiger partial charge in [0, 0.05) is 0 Å². The van der Waals surface area contributed by atoms with Crippen LogP contribution in [0.4, 0.5) is 31.5 Å². The number of ether oxygens (including phenoxy) is 1. The van der Waals surface area contributed by atoms with E-state index in [1.165, 1.54) is 30.3 Å². The van der Waals surface area contributed by atoms with Crippen molar-refractivity contribution in [3.05, 3.63) is 58.3 Å². The third kappa shape index (κ3) is 4.97. The number of aromatic nitrogens is 3. The molecule has 0 saturated carbocycles. The summed E-state index contributed by atoms with van der Waals surface area (Å²) in [5.41, 5.74) is -1.46. The van der Waals surface area contributed by atoms with E-state index in [4.69, 9.17) is 16.0 Å². The highest BCUT2D eigenvalue weighted by Gasteiger charge is 2.28. The second-order valence-corrected chi connectivity index (χ2v) is 8.00. The Bertz CT molecular complexity index is 1340. The van der Waals surface area contributed by atoms with Gasteiger partial charge in [-0.25, -0.2) is 22.5 Å². The lowest BCUT2D eigenvalue weighted by Crippen LogP contribution is -2.10. The number of carbonyl (C=O) groups excluding carboxylic acids is 1. The van der Waals surface area contributed by atoms with Crippen molar-refractivity contribution in [2.45, 2.75) is 26.0 Å². The molecule has 0 aliphatic carbocycles. The number of nitrogens with zero attached hydrogens (tertiary/aromatic N) is 3. The fourth-order valence-corrected chi connectivity index (χ4v) is 4.16. The van der Waals surface area contributed by atoms with E-state index in [9.17, 15) is 31.1 Å². The highest BCUT2D eigenvalue weighted by molar-refractivity contribution is 7.22. The number of benzene rings is 1. The van der Waals surface area contributed by atoms with Crippen LogP contribution >= 0.6 is 22.9 Å². The molecule has 0 fully saturated rings. The number of fused-ring (bicyclic) bond motifs is 1. The van der Waals surface area contributed by atoms with E-state index >= 15 is 0 Å². The SMILES string of the molecule is O=C(Nc1nc2ccc(OC(F)F)cc2s1)c1ccc(Cn2nc(C(F)F)c(Cl)c2C(F)F)o1. The first-order chi connectivity index (χ1) is 16.1. The van der Waals surface area contributed by atoms with E-state index in [1.807, 2.05) is 0 Å². The molecule has 1 N–H and O–H groups in total. The zero-order valence-corrected chi connectivity index (χ0v) is 18.0. The maximum atomic E-state index is 13.3. The number of rotatable bonds is 8. The summed E-state index contributed by atoms with van der Waals surface area (Å²) < 4.78 is 87.9. The van der Waals surface area contributed by atoms with Crippen LogP contribution in [0.2, 0.25) is 5.02 Å². The topological polar surface area (TPSA) is 82.2 Å². The molecule has 0 aliphatic rings. The van der Waals surface area contributed by atoms with E-state index in [-0.39, 0.29) is 22.4 Å². The number of amides is 1. The van der Waals surface area contributed by atoms with E-state index < -0.39 is 48.3 Å². The Morgan fingerprint density at radius 2 is 1.91 bits per heavy atom. The highest BCUT2D eigenvalue weighted by atomic mass is 35.5. The molecule has 180 valence electrons. The van der Waals surface area contributed by atoms with Gasteiger partial charge in [0.05, 0.1) is 21.8 Å². The molecular formula is C19H11ClF6N4O3S. The van der Waals surface area contributed by atoms with Gasteiger partial charge in [-0.2, -0.15) is 13.9 Å². The normalized spacial score (nSPS) is 11.8. The summed E-state index contributed by atoms with van der Waals surface area (Å²) in [5.74, 6) is -1.06. The summed E-state index contributed by atoms with van der Waals surface area (Å²) in [5, 5.41) is 5.18. The number of hydrogen-bond acceptors (Lipinski definition) is 6. The lowest BCUT2D eigenvalue weighted by Gasteiger charge is -2.05. The quantitative estimate of drug-likeness (QED) is 0.265. The average molecular weight is 525 g/mol. The number of thiazole rings is 1. The molecule has 0 atom stereocenters. The van der Waals surface area contributed by atoms with Crippen molar-refractivity contribution in [2.75, 3.05) is 5.32 Å². The summed E-state index contributed by atoms with van der Waals surface area (Å²) in [6, 6.07) is 6.60. The molecule has 3 aromatic heterocycles. The lowest BCUT2D eigenvalue weighted by atomic mass is 10.3. The van der Waals surface area contributed by atoms with Gasteiger partial charge in [0.15, 0.2) is 10.9 Å². The van der Waals surface area contributed by atoms with Crippen LogP contribution in [0.5, 0.6) is 5.75 Å². The van der Waals surface area contributed by atoms with Crippen molar-refractivity contribution in [2.24, 2.45) is 0 Å². The van der Waals surface area contributed by atoms with Crippen LogP contribution in [0.3, 0.4) is 0 Å². The van der Waals surface area contributed by atoms with Crippen molar-refractivity contribution in [1.29, 1.82) is 0 Å². The molecule has 0 radical (unpaired) electrons. The Balaban J connectivity index is 1.49. The zero-order chi connectivity index (χ0) is 24.6. The van der Waals surface area contributed by atoms with Crippen LogP contribution in [-0.2, 0) is 6.54 Å². The lowest BCUT2D eigenvalue weighted by molar-refractivity contribution is -0.0497.